The summed E-state index contributed by atoms with van der Waals surface area (Å²) in [6, 6.07) is 6.66. The van der Waals surface area contributed by atoms with Gasteiger partial charge in [0, 0.05) is 6.42 Å². The molecule has 0 atom stereocenters. The first-order valence-corrected chi connectivity index (χ1v) is 5.70. The van der Waals surface area contributed by atoms with E-state index < -0.39 is 0 Å². The fraction of sp³-hybridized carbons (Fsp3) is 0.467. The van der Waals surface area contributed by atoms with Crippen molar-refractivity contribution in [1.82, 2.24) is 0 Å². The highest BCUT2D eigenvalue weighted by Gasteiger charge is 1.98. The predicted octanol–water partition coefficient (Wildman–Crippen LogP) is 4.00. The van der Waals surface area contributed by atoms with Gasteiger partial charge in [-0.05, 0) is 50.7 Å². The minimum atomic E-state index is 0.812. The molecule has 0 amide bonds. The van der Waals surface area contributed by atoms with Crippen LogP contribution in [-0.2, 0) is 6.42 Å². The van der Waals surface area contributed by atoms with E-state index >= 15 is 0 Å². The summed E-state index contributed by atoms with van der Waals surface area (Å²) in [5, 5.41) is 0. The standard InChI is InChI=1S/C15H19/c1-4-5-6-7-8-9-15-12-13(2)10-11-14(15)3/h10-12H,5-9H2,2-3H3. The van der Waals surface area contributed by atoms with Crippen molar-refractivity contribution >= 4 is 0 Å². The summed E-state index contributed by atoms with van der Waals surface area (Å²) in [6.45, 7) is 4.33. The average Bonchev–Trinajstić information content (AvgIpc) is 2.23. The fourth-order valence-corrected chi connectivity index (χ4v) is 1.78. The third kappa shape index (κ3) is 4.21. The predicted molar refractivity (Wildman–Crippen MR) is 65.2 cm³/mol. The molecule has 0 nitrogen and oxygen atoms in total. The Morgan fingerprint density at radius 2 is 1.93 bits per heavy atom. The quantitative estimate of drug-likeness (QED) is 0.497. The molecule has 0 heteroatoms. The van der Waals surface area contributed by atoms with Gasteiger partial charge in [0.2, 0.25) is 0 Å². The van der Waals surface area contributed by atoms with Gasteiger partial charge in [0.15, 0.2) is 0 Å². The highest BCUT2D eigenvalue weighted by Crippen LogP contribution is 2.14. The Hall–Kier alpha value is -1.22. The van der Waals surface area contributed by atoms with Crippen molar-refractivity contribution in [1.29, 1.82) is 0 Å². The summed E-state index contributed by atoms with van der Waals surface area (Å²) in [5.41, 5.74) is 4.23. The van der Waals surface area contributed by atoms with E-state index in [-0.39, 0.29) is 0 Å². The molecule has 1 aromatic rings. The van der Waals surface area contributed by atoms with E-state index in [1.807, 2.05) is 0 Å². The first-order valence-electron chi connectivity index (χ1n) is 5.70. The van der Waals surface area contributed by atoms with E-state index in [0.29, 0.717) is 0 Å². The van der Waals surface area contributed by atoms with Crippen LogP contribution in [0.4, 0.5) is 0 Å². The van der Waals surface area contributed by atoms with Gasteiger partial charge in [-0.3, -0.25) is 0 Å². The van der Waals surface area contributed by atoms with Crippen LogP contribution in [0, 0.1) is 26.2 Å². The molecule has 0 saturated carbocycles. The lowest BCUT2D eigenvalue weighted by Gasteiger charge is -2.06. The summed E-state index contributed by atoms with van der Waals surface area (Å²) >= 11 is 0. The van der Waals surface area contributed by atoms with E-state index in [0.717, 1.165) is 12.8 Å². The molecule has 0 aromatic heterocycles. The van der Waals surface area contributed by atoms with Gasteiger partial charge in [-0.25, -0.2) is 0 Å². The molecule has 0 N–H and O–H groups in total. The van der Waals surface area contributed by atoms with Crippen molar-refractivity contribution in [3.8, 4) is 5.92 Å². The Bertz CT molecular complexity index is 342. The van der Waals surface area contributed by atoms with Gasteiger partial charge in [0.05, 0.1) is 0 Å². The van der Waals surface area contributed by atoms with E-state index in [4.69, 9.17) is 6.42 Å². The highest BCUT2D eigenvalue weighted by molar-refractivity contribution is 5.30. The number of unbranched alkanes of at least 4 members (excludes halogenated alkanes) is 3. The molecule has 1 radical (unpaired) electrons. The SMILES string of the molecule is [C]#CCCCCCc1cc(C)ccc1C. The molecule has 0 aliphatic heterocycles. The van der Waals surface area contributed by atoms with Crippen LogP contribution < -0.4 is 0 Å². The van der Waals surface area contributed by atoms with Crippen LogP contribution in [0.25, 0.3) is 0 Å². The average molecular weight is 199 g/mol. The molecule has 0 fully saturated rings. The van der Waals surface area contributed by atoms with E-state index in [9.17, 15) is 0 Å². The Morgan fingerprint density at radius 1 is 1.13 bits per heavy atom. The zero-order chi connectivity index (χ0) is 11.1. The third-order valence-electron chi connectivity index (χ3n) is 2.75. The Labute approximate surface area is 93.7 Å². The fourth-order valence-electron chi connectivity index (χ4n) is 1.78. The zero-order valence-electron chi connectivity index (χ0n) is 9.77. The van der Waals surface area contributed by atoms with Gasteiger partial charge in [-0.2, -0.15) is 0 Å². The molecule has 1 rings (SSSR count). The molecule has 0 aliphatic carbocycles. The number of aryl methyl sites for hydroxylation is 3. The third-order valence-corrected chi connectivity index (χ3v) is 2.75. The van der Waals surface area contributed by atoms with Crippen LogP contribution >= 0.6 is 0 Å². The monoisotopic (exact) mass is 199 g/mol. The van der Waals surface area contributed by atoms with Gasteiger partial charge in [0.1, 0.15) is 0 Å². The van der Waals surface area contributed by atoms with Crippen molar-refractivity contribution < 1.29 is 0 Å². The van der Waals surface area contributed by atoms with Gasteiger partial charge >= 0.3 is 0 Å². The molecule has 15 heavy (non-hydrogen) atoms. The van der Waals surface area contributed by atoms with E-state index in [1.54, 1.807) is 0 Å². The minimum absolute atomic E-state index is 0.812. The van der Waals surface area contributed by atoms with Crippen LogP contribution in [0.15, 0.2) is 18.2 Å². The molecule has 0 unspecified atom stereocenters. The lowest BCUT2D eigenvalue weighted by atomic mass is 10.00. The highest BCUT2D eigenvalue weighted by atomic mass is 14.0. The largest absolute Gasteiger partial charge is 0.0891 e. The second kappa shape index (κ2) is 6.30. The molecular weight excluding hydrogens is 180 g/mol. The van der Waals surface area contributed by atoms with Gasteiger partial charge in [-0.1, -0.05) is 36.1 Å². The van der Waals surface area contributed by atoms with E-state index in [1.165, 1.54) is 36.0 Å². The topological polar surface area (TPSA) is 0 Å². The first-order chi connectivity index (χ1) is 7.24. The van der Waals surface area contributed by atoms with Crippen LogP contribution in [0.1, 0.15) is 42.4 Å². The summed E-state index contributed by atoms with van der Waals surface area (Å²) < 4.78 is 0. The smallest absolute Gasteiger partial charge is 0.00989 e. The van der Waals surface area contributed by atoms with Gasteiger partial charge in [0.25, 0.3) is 0 Å². The van der Waals surface area contributed by atoms with Crippen molar-refractivity contribution in [3.63, 3.8) is 0 Å². The normalized spacial score (nSPS) is 9.93. The lowest BCUT2D eigenvalue weighted by molar-refractivity contribution is 0.691. The van der Waals surface area contributed by atoms with Crippen molar-refractivity contribution in [2.75, 3.05) is 0 Å². The molecule has 0 aliphatic rings. The molecular formula is C15H19. The second-order valence-corrected chi connectivity index (χ2v) is 4.17. The van der Waals surface area contributed by atoms with E-state index in [2.05, 4.69) is 38.0 Å². The van der Waals surface area contributed by atoms with Crippen molar-refractivity contribution in [2.24, 2.45) is 0 Å². The van der Waals surface area contributed by atoms with Crippen LogP contribution in [-0.4, -0.2) is 0 Å². The molecule has 0 bridgehead atoms. The van der Waals surface area contributed by atoms with Crippen LogP contribution in [0.2, 0.25) is 0 Å². The summed E-state index contributed by atoms with van der Waals surface area (Å²) in [5.74, 6) is 2.44. The number of benzene rings is 1. The Balaban J connectivity index is 2.37. The summed E-state index contributed by atoms with van der Waals surface area (Å²) in [6.07, 6.45) is 12.3. The van der Waals surface area contributed by atoms with Crippen molar-refractivity contribution in [3.05, 3.63) is 41.3 Å². The number of rotatable bonds is 5. The Kier molecular flexibility index (Phi) is 4.98. The van der Waals surface area contributed by atoms with Crippen molar-refractivity contribution in [2.45, 2.75) is 46.0 Å². The molecule has 0 heterocycles. The molecule has 0 saturated heterocycles. The number of hydrogen-bond acceptors (Lipinski definition) is 0. The summed E-state index contributed by atoms with van der Waals surface area (Å²) in [4.78, 5) is 0. The molecule has 1 aromatic carbocycles. The zero-order valence-corrected chi connectivity index (χ0v) is 9.77. The lowest BCUT2D eigenvalue weighted by Crippen LogP contribution is -1.91. The number of hydrogen-bond donors (Lipinski definition) is 0. The summed E-state index contributed by atoms with van der Waals surface area (Å²) in [7, 11) is 0. The van der Waals surface area contributed by atoms with Gasteiger partial charge in [-0.15, -0.1) is 0 Å². The maximum Gasteiger partial charge on any atom is 0.00989 e. The first kappa shape index (κ1) is 11.9. The Morgan fingerprint density at radius 3 is 2.67 bits per heavy atom. The maximum atomic E-state index is 6.81. The minimum Gasteiger partial charge on any atom is -0.0891 e. The van der Waals surface area contributed by atoms with Crippen LogP contribution in [0.5, 0.6) is 0 Å². The molecule has 79 valence electrons. The van der Waals surface area contributed by atoms with Crippen LogP contribution in [0.3, 0.4) is 0 Å². The second-order valence-electron chi connectivity index (χ2n) is 4.17. The maximum absolute atomic E-state index is 6.81. The molecule has 0 spiro atoms. The van der Waals surface area contributed by atoms with Gasteiger partial charge < -0.3 is 0 Å².